The average Bonchev–Trinajstić information content (AvgIpc) is 3.49. The third-order valence-corrected chi connectivity index (χ3v) is 4.78. The first-order chi connectivity index (χ1) is 12.8. The zero-order valence-electron chi connectivity index (χ0n) is 14.4. The van der Waals surface area contributed by atoms with Gasteiger partial charge in [0.1, 0.15) is 5.82 Å². The van der Waals surface area contributed by atoms with E-state index in [1.165, 1.54) is 18.4 Å². The lowest BCUT2D eigenvalue weighted by Gasteiger charge is -2.16. The van der Waals surface area contributed by atoms with Crippen molar-refractivity contribution in [3.8, 4) is 0 Å². The van der Waals surface area contributed by atoms with Crippen LogP contribution in [0.2, 0.25) is 0 Å². The number of nitrogens with zero attached hydrogens (tertiary/aromatic N) is 2. The molecule has 0 unspecified atom stereocenters. The van der Waals surface area contributed by atoms with Gasteiger partial charge in [-0.15, -0.1) is 10.2 Å². The van der Waals surface area contributed by atoms with Crippen molar-refractivity contribution in [2.24, 2.45) is 0 Å². The Kier molecular flexibility index (Phi) is 4.35. The quantitative estimate of drug-likeness (QED) is 0.712. The van der Waals surface area contributed by atoms with E-state index in [1.807, 2.05) is 36.4 Å². The largest absolute Gasteiger partial charge is 0.368 e. The van der Waals surface area contributed by atoms with Gasteiger partial charge in [-0.3, -0.25) is 4.79 Å². The van der Waals surface area contributed by atoms with Crippen molar-refractivity contribution in [2.45, 2.75) is 18.3 Å². The summed E-state index contributed by atoms with van der Waals surface area (Å²) in [5.41, 5.74) is 2.59. The van der Waals surface area contributed by atoms with E-state index < -0.39 is 0 Å². The Hall–Kier alpha value is -3.21. The van der Waals surface area contributed by atoms with Crippen LogP contribution in [0.1, 0.15) is 28.9 Å². The number of amides is 1. The van der Waals surface area contributed by atoms with Gasteiger partial charge < -0.3 is 10.6 Å². The van der Waals surface area contributed by atoms with Crippen LogP contribution >= 0.6 is 0 Å². The Morgan fingerprint density at radius 1 is 0.885 bits per heavy atom. The number of anilines is 2. The molecule has 0 radical (unpaired) electrons. The molecule has 1 heterocycles. The number of carbonyl (C=O) groups excluding carboxylic acids is 1. The molecule has 0 atom stereocenters. The molecule has 1 saturated carbocycles. The maximum absolute atomic E-state index is 12.2. The molecule has 0 aliphatic heterocycles. The van der Waals surface area contributed by atoms with Gasteiger partial charge in [0.2, 0.25) is 0 Å². The number of hydrogen-bond acceptors (Lipinski definition) is 4. The van der Waals surface area contributed by atoms with Gasteiger partial charge in [-0.05, 0) is 42.7 Å². The molecule has 1 aromatic heterocycles. The van der Waals surface area contributed by atoms with E-state index in [4.69, 9.17) is 0 Å². The molecule has 26 heavy (non-hydrogen) atoms. The number of carbonyl (C=O) groups is 1. The molecule has 4 rings (SSSR count). The molecule has 2 N–H and O–H groups in total. The minimum Gasteiger partial charge on any atom is -0.368 e. The van der Waals surface area contributed by atoms with Gasteiger partial charge in [-0.1, -0.05) is 48.5 Å². The molecule has 1 aliphatic rings. The number of aromatic nitrogens is 2. The fraction of sp³-hybridized carbons (Fsp3) is 0.190. The van der Waals surface area contributed by atoms with Crippen LogP contribution < -0.4 is 10.6 Å². The molecular formula is C21H20N4O. The van der Waals surface area contributed by atoms with Gasteiger partial charge in [0.05, 0.1) is 0 Å². The van der Waals surface area contributed by atoms with Gasteiger partial charge in [-0.25, -0.2) is 0 Å². The minimum absolute atomic E-state index is 0.201. The summed E-state index contributed by atoms with van der Waals surface area (Å²) in [5.74, 6) is 0.418. The number of benzene rings is 2. The summed E-state index contributed by atoms with van der Waals surface area (Å²) in [6.07, 6.45) is 2.35. The summed E-state index contributed by atoms with van der Waals surface area (Å²) in [4.78, 5) is 12.2. The van der Waals surface area contributed by atoms with Crippen molar-refractivity contribution in [1.82, 2.24) is 10.2 Å². The number of nitrogens with one attached hydrogen (secondary N) is 2. The van der Waals surface area contributed by atoms with Gasteiger partial charge >= 0.3 is 0 Å². The van der Waals surface area contributed by atoms with Gasteiger partial charge in [-0.2, -0.15) is 0 Å². The molecule has 1 amide bonds. The highest BCUT2D eigenvalue weighted by Crippen LogP contribution is 2.47. The van der Waals surface area contributed by atoms with E-state index in [1.54, 1.807) is 12.1 Å². The van der Waals surface area contributed by atoms with Gasteiger partial charge in [0.15, 0.2) is 5.69 Å². The molecular weight excluding hydrogens is 324 g/mol. The maximum Gasteiger partial charge on any atom is 0.276 e. The van der Waals surface area contributed by atoms with E-state index in [0.717, 1.165) is 12.2 Å². The van der Waals surface area contributed by atoms with E-state index >= 15 is 0 Å². The Morgan fingerprint density at radius 2 is 1.58 bits per heavy atom. The second-order valence-corrected chi connectivity index (χ2v) is 6.62. The highest BCUT2D eigenvalue weighted by atomic mass is 16.1. The van der Waals surface area contributed by atoms with E-state index in [2.05, 4.69) is 45.1 Å². The Bertz CT molecular complexity index is 875. The second kappa shape index (κ2) is 6.96. The smallest absolute Gasteiger partial charge is 0.276 e. The standard InChI is InChI=1S/C21H20N4O/c26-20(23-17-9-5-2-6-10-17)18-11-12-19(25-24-18)22-15-21(13-14-21)16-7-3-1-4-8-16/h1-12H,13-15H2,(H,22,25)(H,23,26). The maximum atomic E-state index is 12.2. The van der Waals surface area contributed by atoms with E-state index in [0.29, 0.717) is 11.5 Å². The fourth-order valence-electron chi connectivity index (χ4n) is 3.03. The Labute approximate surface area is 152 Å². The van der Waals surface area contributed by atoms with Crippen molar-refractivity contribution in [3.63, 3.8) is 0 Å². The minimum atomic E-state index is -0.266. The molecule has 1 aliphatic carbocycles. The molecule has 0 bridgehead atoms. The van der Waals surface area contributed by atoms with Gasteiger partial charge in [0.25, 0.3) is 5.91 Å². The van der Waals surface area contributed by atoms with Crippen LogP contribution in [0.4, 0.5) is 11.5 Å². The summed E-state index contributed by atoms with van der Waals surface area (Å²) >= 11 is 0. The predicted octanol–water partition coefficient (Wildman–Crippen LogP) is 3.87. The summed E-state index contributed by atoms with van der Waals surface area (Å²) in [6, 6.07) is 23.3. The molecule has 5 heteroatoms. The van der Waals surface area contributed by atoms with Crippen LogP contribution in [0.5, 0.6) is 0 Å². The molecule has 0 saturated heterocycles. The van der Waals surface area contributed by atoms with E-state index in [-0.39, 0.29) is 11.3 Å². The number of rotatable bonds is 6. The normalized spacial score (nSPS) is 14.5. The third kappa shape index (κ3) is 3.57. The summed E-state index contributed by atoms with van der Waals surface area (Å²) in [5, 5.41) is 14.3. The monoisotopic (exact) mass is 344 g/mol. The van der Waals surface area contributed by atoms with Crippen LogP contribution in [0.15, 0.2) is 72.8 Å². The zero-order chi connectivity index (χ0) is 17.8. The first-order valence-corrected chi connectivity index (χ1v) is 8.75. The lowest BCUT2D eigenvalue weighted by atomic mass is 9.96. The highest BCUT2D eigenvalue weighted by molar-refractivity contribution is 6.02. The predicted molar refractivity (Wildman–Crippen MR) is 102 cm³/mol. The van der Waals surface area contributed by atoms with Gasteiger partial charge in [0, 0.05) is 17.6 Å². The molecule has 3 aromatic rings. The van der Waals surface area contributed by atoms with Crippen molar-refractivity contribution < 1.29 is 4.79 Å². The topological polar surface area (TPSA) is 66.9 Å². The van der Waals surface area contributed by atoms with Crippen LogP contribution in [-0.4, -0.2) is 22.6 Å². The Balaban J connectivity index is 1.37. The van der Waals surface area contributed by atoms with E-state index in [9.17, 15) is 4.79 Å². The molecule has 2 aromatic carbocycles. The first kappa shape index (κ1) is 16.3. The molecule has 1 fully saturated rings. The van der Waals surface area contributed by atoms with Crippen LogP contribution in [0.3, 0.4) is 0 Å². The van der Waals surface area contributed by atoms with Crippen LogP contribution in [0.25, 0.3) is 0 Å². The summed E-state index contributed by atoms with van der Waals surface area (Å²) in [6.45, 7) is 0.821. The SMILES string of the molecule is O=C(Nc1ccccc1)c1ccc(NCC2(c3ccccc3)CC2)nn1. The summed E-state index contributed by atoms with van der Waals surface area (Å²) < 4.78 is 0. The van der Waals surface area contributed by atoms with Crippen LogP contribution in [0, 0.1) is 0 Å². The summed E-state index contributed by atoms with van der Waals surface area (Å²) in [7, 11) is 0. The molecule has 5 nitrogen and oxygen atoms in total. The number of para-hydroxylation sites is 1. The zero-order valence-corrected chi connectivity index (χ0v) is 14.4. The average molecular weight is 344 g/mol. The Morgan fingerprint density at radius 3 is 2.19 bits per heavy atom. The highest BCUT2D eigenvalue weighted by Gasteiger charge is 2.43. The number of hydrogen-bond donors (Lipinski definition) is 2. The van der Waals surface area contributed by atoms with Crippen LogP contribution in [-0.2, 0) is 5.41 Å². The van der Waals surface area contributed by atoms with Crippen molar-refractivity contribution in [1.29, 1.82) is 0 Å². The van der Waals surface area contributed by atoms with Crippen molar-refractivity contribution in [3.05, 3.63) is 84.1 Å². The van der Waals surface area contributed by atoms with Crippen molar-refractivity contribution >= 4 is 17.4 Å². The molecule has 130 valence electrons. The fourth-order valence-corrected chi connectivity index (χ4v) is 3.03. The molecule has 0 spiro atoms. The lowest BCUT2D eigenvalue weighted by Crippen LogP contribution is -2.20. The lowest BCUT2D eigenvalue weighted by molar-refractivity contribution is 0.102. The first-order valence-electron chi connectivity index (χ1n) is 8.75. The second-order valence-electron chi connectivity index (χ2n) is 6.62. The van der Waals surface area contributed by atoms with Crippen molar-refractivity contribution in [2.75, 3.05) is 17.2 Å². The third-order valence-electron chi connectivity index (χ3n) is 4.78.